The van der Waals surface area contributed by atoms with Gasteiger partial charge in [-0.3, -0.25) is 9.67 Å². The summed E-state index contributed by atoms with van der Waals surface area (Å²) in [5.74, 6) is 0.639. The Morgan fingerprint density at radius 2 is 1.90 bits per heavy atom. The Labute approximate surface area is 171 Å². The number of fused-ring (bicyclic) bond motifs is 4. The summed E-state index contributed by atoms with van der Waals surface area (Å²) in [6.07, 6.45) is 5.63. The number of pyridine rings is 1. The van der Waals surface area contributed by atoms with Crippen LogP contribution in [0, 0.1) is 5.82 Å². The van der Waals surface area contributed by atoms with Gasteiger partial charge in [0, 0.05) is 36.2 Å². The fourth-order valence-corrected chi connectivity index (χ4v) is 4.49. The molecule has 150 valence electrons. The van der Waals surface area contributed by atoms with E-state index in [9.17, 15) is 4.39 Å². The van der Waals surface area contributed by atoms with Crippen molar-refractivity contribution in [1.82, 2.24) is 24.3 Å². The Morgan fingerprint density at radius 1 is 1.03 bits per heavy atom. The van der Waals surface area contributed by atoms with Crippen molar-refractivity contribution in [3.63, 3.8) is 0 Å². The first-order chi connectivity index (χ1) is 14.8. The monoisotopic (exact) mass is 401 g/mol. The van der Waals surface area contributed by atoms with E-state index in [1.54, 1.807) is 18.3 Å². The lowest BCUT2D eigenvalue weighted by molar-refractivity contribution is 0.0698. The molecular formula is C23H20FN5O. The fourth-order valence-electron chi connectivity index (χ4n) is 4.49. The average molecular weight is 401 g/mol. The number of aromatic nitrogens is 5. The Balaban J connectivity index is 1.56. The van der Waals surface area contributed by atoms with Gasteiger partial charge in [0.1, 0.15) is 17.2 Å². The maximum atomic E-state index is 14.1. The topological polar surface area (TPSA) is 57.8 Å². The summed E-state index contributed by atoms with van der Waals surface area (Å²) in [5.41, 5.74) is 3.46. The molecule has 6 rings (SSSR count). The third kappa shape index (κ3) is 2.85. The molecular weight excluding hydrogens is 381 g/mol. The molecule has 0 N–H and O–H groups in total. The van der Waals surface area contributed by atoms with Gasteiger partial charge in [0.2, 0.25) is 0 Å². The molecule has 5 aromatic rings. The van der Waals surface area contributed by atoms with E-state index in [1.807, 2.05) is 29.1 Å². The zero-order valence-electron chi connectivity index (χ0n) is 16.3. The fraction of sp³-hybridized carbons (Fsp3) is 0.261. The Morgan fingerprint density at radius 3 is 2.77 bits per heavy atom. The van der Waals surface area contributed by atoms with Crippen molar-refractivity contribution in [3.8, 4) is 0 Å². The van der Waals surface area contributed by atoms with Gasteiger partial charge in [-0.25, -0.2) is 9.37 Å². The van der Waals surface area contributed by atoms with Crippen molar-refractivity contribution in [1.29, 1.82) is 0 Å². The van der Waals surface area contributed by atoms with Crippen LogP contribution in [-0.2, 0) is 11.3 Å². The Kier molecular flexibility index (Phi) is 4.02. The van der Waals surface area contributed by atoms with Gasteiger partial charge in [0.25, 0.3) is 0 Å². The first kappa shape index (κ1) is 17.5. The van der Waals surface area contributed by atoms with Crippen molar-refractivity contribution < 1.29 is 9.13 Å². The van der Waals surface area contributed by atoms with E-state index in [-0.39, 0.29) is 11.9 Å². The quantitative estimate of drug-likeness (QED) is 0.448. The highest BCUT2D eigenvalue weighted by Gasteiger charge is 2.24. The molecule has 1 aliphatic heterocycles. The van der Waals surface area contributed by atoms with E-state index in [0.717, 1.165) is 51.5 Å². The number of imidazole rings is 1. The number of hydrogen-bond donors (Lipinski definition) is 0. The first-order valence-electron chi connectivity index (χ1n) is 10.2. The van der Waals surface area contributed by atoms with Crippen LogP contribution in [0.1, 0.15) is 24.7 Å². The zero-order chi connectivity index (χ0) is 20.1. The molecule has 2 aromatic carbocycles. The molecule has 0 saturated carbocycles. The molecule has 0 amide bonds. The molecule has 0 radical (unpaired) electrons. The smallest absolute Gasteiger partial charge is 0.132 e. The van der Waals surface area contributed by atoms with Crippen LogP contribution in [0.25, 0.3) is 32.8 Å². The summed E-state index contributed by atoms with van der Waals surface area (Å²) in [6, 6.07) is 13.1. The molecule has 4 heterocycles. The number of nitrogens with zero attached hydrogens (tertiary/aromatic N) is 5. The molecule has 1 fully saturated rings. The van der Waals surface area contributed by atoms with Crippen LogP contribution in [0.4, 0.5) is 4.39 Å². The van der Waals surface area contributed by atoms with Crippen LogP contribution in [0.3, 0.4) is 0 Å². The molecule has 3 aromatic heterocycles. The molecule has 1 saturated heterocycles. The van der Waals surface area contributed by atoms with Crippen LogP contribution < -0.4 is 0 Å². The second-order valence-electron chi connectivity index (χ2n) is 7.78. The average Bonchev–Trinajstić information content (AvgIpc) is 3.35. The molecule has 0 bridgehead atoms. The summed E-state index contributed by atoms with van der Waals surface area (Å²) < 4.78 is 23.9. The summed E-state index contributed by atoms with van der Waals surface area (Å²) in [4.78, 5) is 9.41. The van der Waals surface area contributed by atoms with Crippen LogP contribution >= 0.6 is 0 Å². The number of halogens is 1. The van der Waals surface area contributed by atoms with Crippen LogP contribution in [0.2, 0.25) is 0 Å². The van der Waals surface area contributed by atoms with Crippen LogP contribution in [0.5, 0.6) is 0 Å². The van der Waals surface area contributed by atoms with Crippen molar-refractivity contribution >= 4 is 32.8 Å². The standard InChI is InChI=1S/C23H20FN5O/c24-16-5-6-20-18(11-16)23-21(12-25-20)26-22(29(23)17-7-9-30-10-8-17)14-28-13-15-3-1-2-4-19(15)27-28/h1-6,11-13,17H,7-10,14H2. The van der Waals surface area contributed by atoms with Gasteiger partial charge in [-0.1, -0.05) is 18.2 Å². The predicted octanol–water partition coefficient (Wildman–Crippen LogP) is 4.47. The molecule has 7 heteroatoms. The maximum absolute atomic E-state index is 14.1. The predicted molar refractivity (Wildman–Crippen MR) is 113 cm³/mol. The molecule has 30 heavy (non-hydrogen) atoms. The number of rotatable bonds is 3. The van der Waals surface area contributed by atoms with Crippen molar-refractivity contribution in [3.05, 3.63) is 66.5 Å². The van der Waals surface area contributed by atoms with E-state index >= 15 is 0 Å². The third-order valence-electron chi connectivity index (χ3n) is 5.87. The molecule has 6 nitrogen and oxygen atoms in total. The molecule has 0 spiro atoms. The van der Waals surface area contributed by atoms with E-state index in [2.05, 4.69) is 15.6 Å². The van der Waals surface area contributed by atoms with Gasteiger partial charge in [0.05, 0.1) is 29.3 Å². The zero-order valence-corrected chi connectivity index (χ0v) is 16.3. The number of ether oxygens (including phenoxy) is 1. The molecule has 0 unspecified atom stereocenters. The molecule has 0 atom stereocenters. The Bertz CT molecular complexity index is 1350. The lowest BCUT2D eigenvalue weighted by atomic mass is 10.1. The summed E-state index contributed by atoms with van der Waals surface area (Å²) in [6.45, 7) is 1.97. The minimum absolute atomic E-state index is 0.248. The van der Waals surface area contributed by atoms with Gasteiger partial charge in [-0.05, 0) is 37.1 Å². The lowest BCUT2D eigenvalue weighted by Gasteiger charge is -2.26. The normalized spacial score (nSPS) is 15.5. The van der Waals surface area contributed by atoms with Gasteiger partial charge >= 0.3 is 0 Å². The minimum atomic E-state index is -0.267. The van der Waals surface area contributed by atoms with E-state index in [4.69, 9.17) is 14.8 Å². The second-order valence-corrected chi connectivity index (χ2v) is 7.78. The number of benzene rings is 2. The SMILES string of the molecule is Fc1ccc2ncc3nc(Cn4cc5ccccc5n4)n(C4CCOCC4)c3c2c1. The maximum Gasteiger partial charge on any atom is 0.132 e. The van der Waals surface area contributed by atoms with E-state index in [1.165, 1.54) is 6.07 Å². The second kappa shape index (κ2) is 6.88. The highest BCUT2D eigenvalue weighted by molar-refractivity contribution is 6.02. The minimum Gasteiger partial charge on any atom is -0.381 e. The molecule has 1 aliphatic rings. The highest BCUT2D eigenvalue weighted by atomic mass is 19.1. The largest absolute Gasteiger partial charge is 0.381 e. The number of hydrogen-bond acceptors (Lipinski definition) is 4. The van der Waals surface area contributed by atoms with Crippen LogP contribution in [0.15, 0.2) is 54.9 Å². The van der Waals surface area contributed by atoms with Gasteiger partial charge in [0.15, 0.2) is 0 Å². The molecule has 0 aliphatic carbocycles. The van der Waals surface area contributed by atoms with Crippen LogP contribution in [-0.4, -0.2) is 37.5 Å². The van der Waals surface area contributed by atoms with Gasteiger partial charge in [-0.2, -0.15) is 5.10 Å². The van der Waals surface area contributed by atoms with Gasteiger partial charge < -0.3 is 9.30 Å². The first-order valence-corrected chi connectivity index (χ1v) is 10.2. The van der Waals surface area contributed by atoms with E-state index < -0.39 is 0 Å². The summed E-state index contributed by atoms with van der Waals surface area (Å²) >= 11 is 0. The van der Waals surface area contributed by atoms with Crippen molar-refractivity contribution in [2.75, 3.05) is 13.2 Å². The van der Waals surface area contributed by atoms with E-state index in [0.29, 0.717) is 19.8 Å². The highest BCUT2D eigenvalue weighted by Crippen LogP contribution is 2.32. The van der Waals surface area contributed by atoms with Gasteiger partial charge in [-0.15, -0.1) is 0 Å². The third-order valence-corrected chi connectivity index (χ3v) is 5.87. The summed E-state index contributed by atoms with van der Waals surface area (Å²) in [7, 11) is 0. The van der Waals surface area contributed by atoms with Crippen molar-refractivity contribution in [2.45, 2.75) is 25.4 Å². The Hall–Kier alpha value is -3.32. The van der Waals surface area contributed by atoms with Crippen molar-refractivity contribution in [2.24, 2.45) is 0 Å². The summed E-state index contributed by atoms with van der Waals surface area (Å²) in [5, 5.41) is 6.60. The lowest BCUT2D eigenvalue weighted by Crippen LogP contribution is -2.22.